The third-order valence-corrected chi connectivity index (χ3v) is 2.45. The summed E-state index contributed by atoms with van der Waals surface area (Å²) in [6, 6.07) is 0. The van der Waals surface area contributed by atoms with Crippen molar-refractivity contribution in [2.45, 2.75) is 4.34 Å². The van der Waals surface area contributed by atoms with E-state index in [9.17, 15) is 0 Å². The van der Waals surface area contributed by atoms with Gasteiger partial charge < -0.3 is 4.74 Å². The average molecular weight is 162 g/mol. The molecule has 5 heteroatoms. The lowest BCUT2D eigenvalue weighted by molar-refractivity contribution is 0.259. The number of methoxy groups -OCH3 is 1. The molecule has 1 aromatic heterocycles. The Morgan fingerprint density at radius 1 is 1.89 bits per heavy atom. The highest BCUT2D eigenvalue weighted by Crippen LogP contribution is 2.17. The Morgan fingerprint density at radius 3 is 3.33 bits per heavy atom. The van der Waals surface area contributed by atoms with Gasteiger partial charge in [-0.3, -0.25) is 0 Å². The first kappa shape index (κ1) is 6.98. The van der Waals surface area contributed by atoms with Crippen LogP contribution in [0.3, 0.4) is 0 Å². The molecule has 0 N–H and O–H groups in total. The molecule has 1 aromatic rings. The standard InChI is InChI=1S/C4H6N2OS2/c1-7-3-9-4-6-5-2-8-4/h2H,3H2,1H3. The summed E-state index contributed by atoms with van der Waals surface area (Å²) < 4.78 is 5.77. The highest BCUT2D eigenvalue weighted by molar-refractivity contribution is 8.00. The van der Waals surface area contributed by atoms with Gasteiger partial charge in [0.1, 0.15) is 5.51 Å². The molecule has 1 rings (SSSR count). The Balaban J connectivity index is 2.30. The van der Waals surface area contributed by atoms with Crippen LogP contribution < -0.4 is 0 Å². The molecule has 0 saturated heterocycles. The van der Waals surface area contributed by atoms with Crippen molar-refractivity contribution in [3.63, 3.8) is 0 Å². The fourth-order valence-corrected chi connectivity index (χ4v) is 1.48. The summed E-state index contributed by atoms with van der Waals surface area (Å²) in [4.78, 5) is 0. The molecule has 0 radical (unpaired) electrons. The minimum Gasteiger partial charge on any atom is -0.374 e. The third kappa shape index (κ3) is 2.30. The van der Waals surface area contributed by atoms with Gasteiger partial charge in [-0.2, -0.15) is 0 Å². The quantitative estimate of drug-likeness (QED) is 0.494. The maximum absolute atomic E-state index is 4.82. The molecule has 0 aliphatic carbocycles. The van der Waals surface area contributed by atoms with Crippen molar-refractivity contribution >= 4 is 23.1 Å². The second-order valence-corrected chi connectivity index (χ2v) is 3.26. The maximum Gasteiger partial charge on any atom is 0.176 e. The molecule has 0 atom stereocenters. The number of thioether (sulfide) groups is 1. The Bertz CT molecular complexity index is 154. The Morgan fingerprint density at radius 2 is 2.78 bits per heavy atom. The first-order valence-electron chi connectivity index (χ1n) is 2.31. The lowest BCUT2D eigenvalue weighted by Crippen LogP contribution is -1.79. The highest BCUT2D eigenvalue weighted by Gasteiger charge is 1.93. The van der Waals surface area contributed by atoms with Gasteiger partial charge in [0, 0.05) is 7.11 Å². The molecule has 9 heavy (non-hydrogen) atoms. The summed E-state index contributed by atoms with van der Waals surface area (Å²) >= 11 is 3.07. The van der Waals surface area contributed by atoms with Gasteiger partial charge in [-0.25, -0.2) is 0 Å². The lowest BCUT2D eigenvalue weighted by atomic mass is 11.5. The van der Waals surface area contributed by atoms with Gasteiger partial charge in [0.05, 0.1) is 5.94 Å². The third-order valence-electron chi connectivity index (χ3n) is 0.640. The summed E-state index contributed by atoms with van der Waals surface area (Å²) in [6.07, 6.45) is 0. The van der Waals surface area contributed by atoms with Gasteiger partial charge in [-0.1, -0.05) is 23.1 Å². The van der Waals surface area contributed by atoms with Crippen molar-refractivity contribution in [3.8, 4) is 0 Å². The topological polar surface area (TPSA) is 35.0 Å². The van der Waals surface area contributed by atoms with Gasteiger partial charge >= 0.3 is 0 Å². The van der Waals surface area contributed by atoms with E-state index in [0.717, 1.165) is 4.34 Å². The van der Waals surface area contributed by atoms with Crippen LogP contribution in [0.1, 0.15) is 0 Å². The van der Waals surface area contributed by atoms with Crippen molar-refractivity contribution in [1.82, 2.24) is 10.2 Å². The molecule has 0 saturated carbocycles. The molecular weight excluding hydrogens is 156 g/mol. The summed E-state index contributed by atoms with van der Waals surface area (Å²) in [5.41, 5.74) is 1.71. The zero-order chi connectivity index (χ0) is 6.53. The SMILES string of the molecule is COCSc1nncs1. The van der Waals surface area contributed by atoms with E-state index in [0.29, 0.717) is 5.94 Å². The summed E-state index contributed by atoms with van der Waals surface area (Å²) in [5.74, 6) is 0.648. The molecule has 0 aliphatic heterocycles. The molecule has 0 bridgehead atoms. The van der Waals surface area contributed by atoms with Crippen LogP contribution in [0.4, 0.5) is 0 Å². The molecule has 0 aliphatic rings. The van der Waals surface area contributed by atoms with Crippen LogP contribution >= 0.6 is 23.1 Å². The van der Waals surface area contributed by atoms with Gasteiger partial charge in [-0.15, -0.1) is 10.2 Å². The van der Waals surface area contributed by atoms with E-state index in [1.54, 1.807) is 24.4 Å². The van der Waals surface area contributed by atoms with E-state index in [2.05, 4.69) is 10.2 Å². The smallest absolute Gasteiger partial charge is 0.176 e. The Hall–Kier alpha value is -0.130. The first-order chi connectivity index (χ1) is 4.43. The zero-order valence-electron chi connectivity index (χ0n) is 4.90. The fraction of sp³-hybridized carbons (Fsp3) is 0.500. The molecule has 50 valence electrons. The number of nitrogens with zero attached hydrogens (tertiary/aromatic N) is 2. The van der Waals surface area contributed by atoms with Gasteiger partial charge in [-0.05, 0) is 0 Å². The van der Waals surface area contributed by atoms with E-state index < -0.39 is 0 Å². The monoisotopic (exact) mass is 162 g/mol. The normalized spacial score (nSPS) is 9.89. The molecule has 0 spiro atoms. The van der Waals surface area contributed by atoms with Gasteiger partial charge in [0.25, 0.3) is 0 Å². The van der Waals surface area contributed by atoms with Crippen LogP contribution in [-0.4, -0.2) is 23.2 Å². The second kappa shape index (κ2) is 3.81. The fourth-order valence-electron chi connectivity index (χ4n) is 0.335. The average Bonchev–Trinajstić information content (AvgIpc) is 2.34. The number of hydrogen-bond acceptors (Lipinski definition) is 5. The van der Waals surface area contributed by atoms with Crippen LogP contribution in [0, 0.1) is 0 Å². The van der Waals surface area contributed by atoms with E-state index in [1.165, 1.54) is 11.3 Å². The van der Waals surface area contributed by atoms with Crippen LogP contribution in [0.2, 0.25) is 0 Å². The Labute approximate surface area is 61.4 Å². The summed E-state index contributed by atoms with van der Waals surface area (Å²) in [7, 11) is 1.66. The minimum atomic E-state index is 0.648. The number of hydrogen-bond donors (Lipinski definition) is 0. The van der Waals surface area contributed by atoms with Crippen LogP contribution in [0.25, 0.3) is 0 Å². The number of aromatic nitrogens is 2. The van der Waals surface area contributed by atoms with Crippen molar-refractivity contribution in [3.05, 3.63) is 5.51 Å². The molecule has 1 heterocycles. The Kier molecular flexibility index (Phi) is 2.96. The van der Waals surface area contributed by atoms with Gasteiger partial charge in [0.2, 0.25) is 0 Å². The van der Waals surface area contributed by atoms with Gasteiger partial charge in [0.15, 0.2) is 4.34 Å². The number of rotatable bonds is 3. The van der Waals surface area contributed by atoms with Crippen LogP contribution in [0.15, 0.2) is 9.85 Å². The van der Waals surface area contributed by atoms with E-state index in [-0.39, 0.29) is 0 Å². The molecule has 3 nitrogen and oxygen atoms in total. The summed E-state index contributed by atoms with van der Waals surface area (Å²) in [5, 5.41) is 7.47. The molecule has 0 unspecified atom stereocenters. The molecule has 0 aromatic carbocycles. The predicted octanol–water partition coefficient (Wildman–Crippen LogP) is 1.23. The zero-order valence-corrected chi connectivity index (χ0v) is 6.54. The van der Waals surface area contributed by atoms with Crippen molar-refractivity contribution in [2.24, 2.45) is 0 Å². The predicted molar refractivity (Wildman–Crippen MR) is 37.6 cm³/mol. The van der Waals surface area contributed by atoms with Crippen LogP contribution in [0.5, 0.6) is 0 Å². The highest BCUT2D eigenvalue weighted by atomic mass is 32.2. The molecular formula is C4H6N2OS2. The molecule has 0 amide bonds. The van der Waals surface area contributed by atoms with Crippen molar-refractivity contribution in [1.29, 1.82) is 0 Å². The largest absolute Gasteiger partial charge is 0.374 e. The molecule has 0 fully saturated rings. The number of ether oxygens (including phenoxy) is 1. The van der Waals surface area contributed by atoms with E-state index in [1.807, 2.05) is 0 Å². The van der Waals surface area contributed by atoms with Crippen molar-refractivity contribution < 1.29 is 4.74 Å². The summed E-state index contributed by atoms with van der Waals surface area (Å²) in [6.45, 7) is 0. The first-order valence-corrected chi connectivity index (χ1v) is 4.18. The van der Waals surface area contributed by atoms with Crippen LogP contribution in [-0.2, 0) is 4.74 Å². The second-order valence-electron chi connectivity index (χ2n) is 1.26. The minimum absolute atomic E-state index is 0.648. The van der Waals surface area contributed by atoms with Crippen molar-refractivity contribution in [2.75, 3.05) is 13.0 Å². The lowest BCUT2D eigenvalue weighted by Gasteiger charge is -1.90. The maximum atomic E-state index is 4.82. The van der Waals surface area contributed by atoms with E-state index in [4.69, 9.17) is 4.74 Å². The van der Waals surface area contributed by atoms with E-state index >= 15 is 0 Å².